The van der Waals surface area contributed by atoms with E-state index in [0.29, 0.717) is 11.4 Å². The lowest BCUT2D eigenvalue weighted by Gasteiger charge is -2.20. The number of hydrogen-bond acceptors (Lipinski definition) is 6. The van der Waals surface area contributed by atoms with E-state index in [1.165, 1.54) is 7.11 Å². The Balaban J connectivity index is 1.87. The van der Waals surface area contributed by atoms with Crippen LogP contribution in [0.2, 0.25) is 0 Å². The van der Waals surface area contributed by atoms with E-state index in [4.69, 9.17) is 14.2 Å². The molecule has 0 saturated carbocycles. The standard InChI is InChI=1S/C19H22N2O4/c1-23-14-6-7-17(24-2)16(11-14)13-8-10-21(12-13)18-15(19(22)25-3)5-4-9-20-18/h4-7,9,11,13H,8,10,12H2,1-3H3/t13-/m1/s1. The van der Waals surface area contributed by atoms with E-state index in [0.717, 1.165) is 36.6 Å². The van der Waals surface area contributed by atoms with Gasteiger partial charge < -0.3 is 19.1 Å². The summed E-state index contributed by atoms with van der Waals surface area (Å²) in [6.45, 7) is 1.57. The number of anilines is 1. The number of ether oxygens (including phenoxy) is 3. The minimum atomic E-state index is -0.370. The van der Waals surface area contributed by atoms with Gasteiger partial charge in [-0.1, -0.05) is 0 Å². The van der Waals surface area contributed by atoms with Gasteiger partial charge in [-0.15, -0.1) is 0 Å². The average Bonchev–Trinajstić information content (AvgIpc) is 3.16. The molecule has 3 rings (SSSR count). The van der Waals surface area contributed by atoms with Crippen molar-refractivity contribution in [1.29, 1.82) is 0 Å². The number of methoxy groups -OCH3 is 3. The van der Waals surface area contributed by atoms with Gasteiger partial charge in [0.25, 0.3) is 0 Å². The molecule has 0 N–H and O–H groups in total. The number of hydrogen-bond donors (Lipinski definition) is 0. The summed E-state index contributed by atoms with van der Waals surface area (Å²) in [7, 11) is 4.71. The van der Waals surface area contributed by atoms with Gasteiger partial charge in [0.2, 0.25) is 0 Å². The molecule has 1 aromatic carbocycles. The second kappa shape index (κ2) is 7.42. The maximum absolute atomic E-state index is 12.0. The maximum atomic E-state index is 12.0. The Kier molecular flexibility index (Phi) is 5.07. The monoisotopic (exact) mass is 342 g/mol. The van der Waals surface area contributed by atoms with Gasteiger partial charge >= 0.3 is 5.97 Å². The molecular formula is C19H22N2O4. The number of nitrogens with zero attached hydrogens (tertiary/aromatic N) is 2. The Morgan fingerprint density at radius 2 is 2.04 bits per heavy atom. The first kappa shape index (κ1) is 17.1. The molecule has 2 heterocycles. The number of benzene rings is 1. The molecule has 1 aliphatic rings. The van der Waals surface area contributed by atoms with Crippen molar-refractivity contribution in [3.05, 3.63) is 47.7 Å². The zero-order valence-electron chi connectivity index (χ0n) is 14.7. The summed E-state index contributed by atoms with van der Waals surface area (Å²) < 4.78 is 15.7. The van der Waals surface area contributed by atoms with Crippen molar-refractivity contribution in [2.24, 2.45) is 0 Å². The summed E-state index contributed by atoms with van der Waals surface area (Å²) >= 11 is 0. The maximum Gasteiger partial charge on any atom is 0.341 e. The molecule has 1 aliphatic heterocycles. The predicted molar refractivity (Wildman–Crippen MR) is 94.7 cm³/mol. The molecule has 1 fully saturated rings. The third kappa shape index (κ3) is 3.38. The molecule has 0 bridgehead atoms. The van der Waals surface area contributed by atoms with Crippen molar-refractivity contribution in [1.82, 2.24) is 4.98 Å². The Hall–Kier alpha value is -2.76. The van der Waals surface area contributed by atoms with Crippen molar-refractivity contribution in [2.45, 2.75) is 12.3 Å². The molecule has 2 aromatic rings. The molecule has 25 heavy (non-hydrogen) atoms. The average molecular weight is 342 g/mol. The van der Waals surface area contributed by atoms with E-state index >= 15 is 0 Å². The molecule has 1 aromatic heterocycles. The summed E-state index contributed by atoms with van der Waals surface area (Å²) in [5, 5.41) is 0. The van der Waals surface area contributed by atoms with Crippen molar-refractivity contribution >= 4 is 11.8 Å². The van der Waals surface area contributed by atoms with Gasteiger partial charge in [-0.2, -0.15) is 0 Å². The van der Waals surface area contributed by atoms with Gasteiger partial charge in [-0.05, 0) is 36.8 Å². The Morgan fingerprint density at radius 1 is 1.20 bits per heavy atom. The Morgan fingerprint density at radius 3 is 2.76 bits per heavy atom. The number of aromatic nitrogens is 1. The lowest BCUT2D eigenvalue weighted by atomic mass is 9.97. The summed E-state index contributed by atoms with van der Waals surface area (Å²) in [4.78, 5) is 18.5. The van der Waals surface area contributed by atoms with Gasteiger partial charge in [-0.3, -0.25) is 0 Å². The number of rotatable bonds is 5. The number of carbonyl (C=O) groups excluding carboxylic acids is 1. The molecule has 0 aliphatic carbocycles. The van der Waals surface area contributed by atoms with Crippen LogP contribution in [0.15, 0.2) is 36.5 Å². The van der Waals surface area contributed by atoms with E-state index < -0.39 is 0 Å². The van der Waals surface area contributed by atoms with Crippen LogP contribution in [-0.4, -0.2) is 45.4 Å². The van der Waals surface area contributed by atoms with Gasteiger partial charge in [-0.25, -0.2) is 9.78 Å². The van der Waals surface area contributed by atoms with Crippen LogP contribution in [0.5, 0.6) is 11.5 Å². The lowest BCUT2D eigenvalue weighted by Crippen LogP contribution is -2.23. The number of pyridine rings is 1. The van der Waals surface area contributed by atoms with Gasteiger partial charge in [0, 0.05) is 30.8 Å². The fourth-order valence-corrected chi connectivity index (χ4v) is 3.28. The van der Waals surface area contributed by atoms with Crippen LogP contribution in [0.4, 0.5) is 5.82 Å². The van der Waals surface area contributed by atoms with Crippen LogP contribution >= 0.6 is 0 Å². The van der Waals surface area contributed by atoms with Crippen LogP contribution < -0.4 is 14.4 Å². The van der Waals surface area contributed by atoms with Crippen molar-refractivity contribution in [3.63, 3.8) is 0 Å². The SMILES string of the molecule is COC(=O)c1cccnc1N1CC[C@@H](c2cc(OC)ccc2OC)C1. The summed E-state index contributed by atoms with van der Waals surface area (Å²) in [5.74, 6) is 2.23. The zero-order valence-corrected chi connectivity index (χ0v) is 14.7. The highest BCUT2D eigenvalue weighted by Crippen LogP contribution is 2.37. The smallest absolute Gasteiger partial charge is 0.341 e. The fourth-order valence-electron chi connectivity index (χ4n) is 3.28. The second-order valence-electron chi connectivity index (χ2n) is 5.91. The molecule has 0 amide bonds. The Bertz CT molecular complexity index is 763. The van der Waals surface area contributed by atoms with Crippen molar-refractivity contribution in [2.75, 3.05) is 39.3 Å². The van der Waals surface area contributed by atoms with Crippen LogP contribution in [0.25, 0.3) is 0 Å². The van der Waals surface area contributed by atoms with Crippen molar-refractivity contribution in [3.8, 4) is 11.5 Å². The van der Waals surface area contributed by atoms with Crippen molar-refractivity contribution < 1.29 is 19.0 Å². The van der Waals surface area contributed by atoms with Crippen LogP contribution in [-0.2, 0) is 4.74 Å². The van der Waals surface area contributed by atoms with Crippen LogP contribution in [0.1, 0.15) is 28.3 Å². The normalized spacial score (nSPS) is 16.6. The van der Waals surface area contributed by atoms with E-state index in [-0.39, 0.29) is 11.9 Å². The highest BCUT2D eigenvalue weighted by molar-refractivity contribution is 5.94. The molecule has 6 nitrogen and oxygen atoms in total. The minimum Gasteiger partial charge on any atom is -0.497 e. The molecule has 1 atom stereocenters. The van der Waals surface area contributed by atoms with E-state index in [1.54, 1.807) is 32.5 Å². The second-order valence-corrected chi connectivity index (χ2v) is 5.91. The van der Waals surface area contributed by atoms with Gasteiger partial charge in [0.05, 0.1) is 21.3 Å². The molecular weight excluding hydrogens is 320 g/mol. The van der Waals surface area contributed by atoms with E-state index in [1.807, 2.05) is 18.2 Å². The van der Waals surface area contributed by atoms with Gasteiger partial charge in [0.1, 0.15) is 22.9 Å². The van der Waals surface area contributed by atoms with Gasteiger partial charge in [0.15, 0.2) is 0 Å². The summed E-state index contributed by atoms with van der Waals surface area (Å²) in [5.41, 5.74) is 1.60. The molecule has 0 radical (unpaired) electrons. The molecule has 0 unspecified atom stereocenters. The van der Waals surface area contributed by atoms with Crippen LogP contribution in [0.3, 0.4) is 0 Å². The highest BCUT2D eigenvalue weighted by atomic mass is 16.5. The first-order valence-electron chi connectivity index (χ1n) is 8.18. The molecule has 0 spiro atoms. The molecule has 6 heteroatoms. The summed E-state index contributed by atoms with van der Waals surface area (Å²) in [6.07, 6.45) is 2.64. The first-order chi connectivity index (χ1) is 12.2. The zero-order chi connectivity index (χ0) is 17.8. The van der Waals surface area contributed by atoms with Crippen LogP contribution in [0, 0.1) is 0 Å². The number of carbonyl (C=O) groups is 1. The quantitative estimate of drug-likeness (QED) is 0.779. The van der Waals surface area contributed by atoms with E-state index in [9.17, 15) is 4.79 Å². The largest absolute Gasteiger partial charge is 0.497 e. The number of esters is 1. The third-order valence-electron chi connectivity index (χ3n) is 4.56. The summed E-state index contributed by atoms with van der Waals surface area (Å²) in [6, 6.07) is 9.33. The highest BCUT2D eigenvalue weighted by Gasteiger charge is 2.29. The Labute approximate surface area is 147 Å². The van der Waals surface area contributed by atoms with E-state index in [2.05, 4.69) is 9.88 Å². The molecule has 132 valence electrons. The first-order valence-corrected chi connectivity index (χ1v) is 8.18. The topological polar surface area (TPSA) is 60.9 Å². The lowest BCUT2D eigenvalue weighted by molar-refractivity contribution is 0.0601. The third-order valence-corrected chi connectivity index (χ3v) is 4.56. The molecule has 1 saturated heterocycles. The fraction of sp³-hybridized carbons (Fsp3) is 0.368. The predicted octanol–water partition coefficient (Wildman–Crippen LogP) is 2.88. The minimum absolute atomic E-state index is 0.276.